The molecular formula is C66H103N3O6. The Morgan fingerprint density at radius 3 is 1.49 bits per heavy atom. The van der Waals surface area contributed by atoms with Crippen molar-refractivity contribution in [2.75, 3.05) is 6.61 Å². The molecule has 0 radical (unpaired) electrons. The maximum Gasteiger partial charge on any atom is 0.313 e. The van der Waals surface area contributed by atoms with E-state index in [1.807, 2.05) is 10.9 Å². The van der Waals surface area contributed by atoms with Crippen LogP contribution < -0.4 is 0 Å². The molecule has 2 N–H and O–H groups in total. The summed E-state index contributed by atoms with van der Waals surface area (Å²) in [5, 5.41) is 31.4. The van der Waals surface area contributed by atoms with E-state index in [9.17, 15) is 19.8 Å². The molecule has 1 aromatic heterocycles. The minimum absolute atomic E-state index is 0.00654. The zero-order chi connectivity index (χ0) is 53.9. The van der Waals surface area contributed by atoms with Gasteiger partial charge in [0.05, 0.1) is 35.8 Å². The van der Waals surface area contributed by atoms with Gasteiger partial charge in [-0.2, -0.15) is 0 Å². The minimum Gasteiger partial charge on any atom is -0.465 e. The number of fused-ring (bicyclic) bond motifs is 14. The maximum absolute atomic E-state index is 14.9. The summed E-state index contributed by atoms with van der Waals surface area (Å²) in [7, 11) is 0. The summed E-state index contributed by atoms with van der Waals surface area (Å²) in [6.07, 6.45) is 25.9. The van der Waals surface area contributed by atoms with Crippen LogP contribution in [0.25, 0.3) is 0 Å². The first kappa shape index (κ1) is 54.4. The molecule has 9 nitrogen and oxygen atoms in total. The van der Waals surface area contributed by atoms with Crippen LogP contribution in [-0.4, -0.2) is 56.0 Å². The SMILES string of the molecule is C[C@H]1[C@H](C)CC[C@]2(C(=O)OCCCn3cc(COC(=O)[C@]45CC[C@@H](C)[C@H](C)[C@H]4C4=CC[C@@H]6[C@@]7(C)CC[C@H](O)C(C)(C)[C@@H]7CC[C@@]6(C)[C@]4(C)CC5)nn3)CC[C@]3(C)C(=CC[C@@H]4[C@@]5(C)CC[C@H](O)C(C)(C)[C@@H]5CC[C@]43C)[C@H]12. The van der Waals surface area contributed by atoms with Crippen LogP contribution in [0.5, 0.6) is 0 Å². The van der Waals surface area contributed by atoms with Gasteiger partial charge in [-0.3, -0.25) is 14.3 Å². The number of aliphatic hydroxyl groups excluding tert-OH is 2. The zero-order valence-electron chi connectivity index (χ0n) is 49.6. The third-order valence-corrected chi connectivity index (χ3v) is 28.5. The van der Waals surface area contributed by atoms with Gasteiger partial charge in [-0.15, -0.1) is 5.10 Å². The van der Waals surface area contributed by atoms with E-state index < -0.39 is 10.8 Å². The normalized spacial score (nSPS) is 50.3. The van der Waals surface area contributed by atoms with E-state index in [-0.39, 0.29) is 85.9 Å². The van der Waals surface area contributed by atoms with Crippen molar-refractivity contribution in [2.24, 2.45) is 113 Å². The van der Waals surface area contributed by atoms with E-state index in [2.05, 4.69) is 119 Å². The summed E-state index contributed by atoms with van der Waals surface area (Å²) in [4.78, 5) is 29.7. The van der Waals surface area contributed by atoms with E-state index in [1.54, 1.807) is 11.1 Å². The van der Waals surface area contributed by atoms with E-state index in [1.165, 1.54) is 19.3 Å². The molecule has 9 heteroatoms. The highest BCUT2D eigenvalue weighted by atomic mass is 16.5. The van der Waals surface area contributed by atoms with Crippen molar-refractivity contribution in [2.45, 2.75) is 244 Å². The zero-order valence-corrected chi connectivity index (χ0v) is 49.6. The van der Waals surface area contributed by atoms with E-state index in [4.69, 9.17) is 9.47 Å². The Balaban J connectivity index is 0.740. The largest absolute Gasteiger partial charge is 0.465 e. The number of aromatic nitrogens is 3. The second kappa shape index (κ2) is 18.0. The van der Waals surface area contributed by atoms with Crippen LogP contribution in [0, 0.1) is 113 Å². The molecule has 0 saturated heterocycles. The van der Waals surface area contributed by atoms with Crippen LogP contribution in [0.3, 0.4) is 0 Å². The number of allylic oxidation sites excluding steroid dienone is 4. The van der Waals surface area contributed by atoms with Crippen molar-refractivity contribution in [3.8, 4) is 0 Å². The highest BCUT2D eigenvalue weighted by molar-refractivity contribution is 5.79. The number of aliphatic hydroxyl groups is 2. The molecule has 0 unspecified atom stereocenters. The molecule has 1 aromatic rings. The smallest absolute Gasteiger partial charge is 0.313 e. The molecule has 75 heavy (non-hydrogen) atoms. The molecule has 11 rings (SSSR count). The average Bonchev–Trinajstić information content (AvgIpc) is 3.88. The van der Waals surface area contributed by atoms with E-state index in [0.29, 0.717) is 72.6 Å². The van der Waals surface area contributed by atoms with Crippen LogP contribution in [-0.2, 0) is 32.2 Å². The van der Waals surface area contributed by atoms with E-state index >= 15 is 0 Å². The molecule has 0 aromatic carbocycles. The summed E-state index contributed by atoms with van der Waals surface area (Å²) in [5.41, 5.74) is 3.30. The molecule has 8 saturated carbocycles. The maximum atomic E-state index is 14.9. The summed E-state index contributed by atoms with van der Waals surface area (Å²) in [5.74, 6) is 4.34. The Kier molecular flexibility index (Phi) is 13.1. The summed E-state index contributed by atoms with van der Waals surface area (Å²) in [6.45, 7) is 35.6. The van der Waals surface area contributed by atoms with Gasteiger partial charge in [-0.1, -0.05) is 125 Å². The number of rotatable bonds is 8. The fourth-order valence-corrected chi connectivity index (χ4v) is 23.0. The molecule has 0 bridgehead atoms. The number of hydrogen-bond acceptors (Lipinski definition) is 8. The second-order valence-corrected chi connectivity index (χ2v) is 31.4. The number of nitrogens with zero attached hydrogens (tertiary/aromatic N) is 3. The van der Waals surface area contributed by atoms with Crippen molar-refractivity contribution in [3.63, 3.8) is 0 Å². The Morgan fingerprint density at radius 1 is 0.573 bits per heavy atom. The standard InChI is InChI=1S/C66H103N3O6/c1-40-20-30-65(34-32-61(11)45(53(65)42(40)3)16-18-49-59(9)26-24-51(70)57(5,6)47(59)22-28-63(49,61)13)55(72)74-37-15-36-69-38-44(67-68-69)39-75-56(73)66-31-21-41(2)43(4)54(66)46-17-19-50-60(10)27-25-52(71)58(7,8)48(60)23-29-64(50,14)62(46,12)33-35-66/h16-17,38,40-43,47-54,70-71H,15,18-37,39H2,1-14H3/t40-,41-,42+,43+,47+,48+,49-,50-,51+,52+,53+,54+,59+,60+,61-,62-,63-,64-,65+,66+/m1/s1. The third-order valence-electron chi connectivity index (χ3n) is 28.5. The molecule has 20 atom stereocenters. The monoisotopic (exact) mass is 1030 g/mol. The molecule has 1 heterocycles. The number of aryl methyl sites for hydroxylation is 1. The number of carbonyl (C=O) groups is 2. The predicted octanol–water partition coefficient (Wildman–Crippen LogP) is 14.3. The average molecular weight is 1030 g/mol. The van der Waals surface area contributed by atoms with Gasteiger partial charge in [-0.25, -0.2) is 0 Å². The van der Waals surface area contributed by atoms with Gasteiger partial charge in [0.2, 0.25) is 0 Å². The van der Waals surface area contributed by atoms with Gasteiger partial charge >= 0.3 is 11.9 Å². The van der Waals surface area contributed by atoms with Gasteiger partial charge in [-0.05, 0) is 218 Å². The summed E-state index contributed by atoms with van der Waals surface area (Å²) >= 11 is 0. The van der Waals surface area contributed by atoms with Crippen molar-refractivity contribution < 1.29 is 29.3 Å². The topological polar surface area (TPSA) is 124 Å². The van der Waals surface area contributed by atoms with Crippen LogP contribution in [0.4, 0.5) is 0 Å². The lowest BCUT2D eigenvalue weighted by atomic mass is 9.33. The van der Waals surface area contributed by atoms with Crippen molar-refractivity contribution >= 4 is 11.9 Å². The number of hydrogen-bond donors (Lipinski definition) is 2. The molecule has 0 aliphatic heterocycles. The molecule has 10 aliphatic carbocycles. The lowest BCUT2D eigenvalue weighted by Gasteiger charge is -2.71. The Morgan fingerprint density at radius 2 is 1.03 bits per heavy atom. The van der Waals surface area contributed by atoms with E-state index in [0.717, 1.165) is 96.3 Å². The van der Waals surface area contributed by atoms with Gasteiger partial charge < -0.3 is 19.7 Å². The molecular weight excluding hydrogens is 931 g/mol. The van der Waals surface area contributed by atoms with Crippen molar-refractivity contribution in [1.29, 1.82) is 0 Å². The Bertz CT molecular complexity index is 2470. The van der Waals surface area contributed by atoms with Gasteiger partial charge in [0, 0.05) is 13.0 Å². The minimum atomic E-state index is -0.536. The van der Waals surface area contributed by atoms with Crippen LogP contribution in [0.1, 0.15) is 225 Å². The first-order valence-electron chi connectivity index (χ1n) is 31.1. The summed E-state index contributed by atoms with van der Waals surface area (Å²) in [6, 6.07) is 0. The van der Waals surface area contributed by atoms with Crippen molar-refractivity contribution in [1.82, 2.24) is 15.0 Å². The third kappa shape index (κ3) is 7.36. The van der Waals surface area contributed by atoms with Crippen molar-refractivity contribution in [3.05, 3.63) is 35.2 Å². The lowest BCUT2D eigenvalue weighted by Crippen LogP contribution is -2.65. The predicted molar refractivity (Wildman–Crippen MR) is 295 cm³/mol. The lowest BCUT2D eigenvalue weighted by molar-refractivity contribution is -0.207. The highest BCUT2D eigenvalue weighted by Gasteiger charge is 2.72. The van der Waals surface area contributed by atoms with Gasteiger partial charge in [0.1, 0.15) is 12.3 Å². The molecule has 0 amide bonds. The highest BCUT2D eigenvalue weighted by Crippen LogP contribution is 2.78. The first-order chi connectivity index (χ1) is 35.1. The van der Waals surface area contributed by atoms with Crippen LogP contribution in [0.2, 0.25) is 0 Å². The fourth-order valence-electron chi connectivity index (χ4n) is 23.0. The summed E-state index contributed by atoms with van der Waals surface area (Å²) < 4.78 is 14.7. The number of carbonyl (C=O) groups excluding carboxylic acids is 2. The van der Waals surface area contributed by atoms with Crippen LogP contribution in [0.15, 0.2) is 29.5 Å². The quantitative estimate of drug-likeness (QED) is 0.150. The second-order valence-electron chi connectivity index (χ2n) is 31.4. The molecule has 0 spiro atoms. The Hall–Kier alpha value is -2.52. The molecule has 10 aliphatic rings. The first-order valence-corrected chi connectivity index (χ1v) is 31.1. The number of ether oxygens (including phenoxy) is 2. The fraction of sp³-hybridized carbons (Fsp3) is 0.879. The van der Waals surface area contributed by atoms with Crippen LogP contribution >= 0.6 is 0 Å². The van der Waals surface area contributed by atoms with Gasteiger partial charge in [0.15, 0.2) is 0 Å². The number of esters is 2. The Labute approximate surface area is 453 Å². The molecule has 418 valence electrons. The van der Waals surface area contributed by atoms with Gasteiger partial charge in [0.25, 0.3) is 0 Å². The molecule has 8 fully saturated rings.